The van der Waals surface area contributed by atoms with E-state index in [0.717, 1.165) is 18.5 Å². The first-order valence-electron chi connectivity index (χ1n) is 5.12. The van der Waals surface area contributed by atoms with Crippen LogP contribution in [0.15, 0.2) is 15.2 Å². The summed E-state index contributed by atoms with van der Waals surface area (Å²) in [5.74, 6) is 0.863. The molecule has 0 radical (unpaired) electrons. The number of halogens is 1. The Kier molecular flexibility index (Phi) is 3.30. The van der Waals surface area contributed by atoms with Crippen molar-refractivity contribution in [1.82, 2.24) is 4.90 Å². The number of rotatable bonds is 2. The highest BCUT2D eigenvalue weighted by molar-refractivity contribution is 9.11. The van der Waals surface area contributed by atoms with Crippen molar-refractivity contribution in [3.63, 3.8) is 0 Å². The maximum atomic E-state index is 3.60. The molecule has 1 aliphatic rings. The molecule has 0 saturated carbocycles. The topological polar surface area (TPSA) is 3.24 Å². The Balaban J connectivity index is 2.01. The molecule has 0 spiro atoms. The summed E-state index contributed by atoms with van der Waals surface area (Å²) in [5.41, 5.74) is 1.44. The summed E-state index contributed by atoms with van der Waals surface area (Å²) in [6.45, 7) is 7.04. The van der Waals surface area contributed by atoms with E-state index in [2.05, 4.69) is 46.1 Å². The predicted octanol–water partition coefficient (Wildman–Crippen LogP) is 3.74. The van der Waals surface area contributed by atoms with Gasteiger partial charge in [0.05, 0.1) is 3.79 Å². The quantitative estimate of drug-likeness (QED) is 0.794. The third-order valence-electron chi connectivity index (χ3n) is 2.98. The van der Waals surface area contributed by atoms with Crippen LogP contribution in [0.25, 0.3) is 0 Å². The molecule has 2 rings (SSSR count). The maximum Gasteiger partial charge on any atom is 0.0743 e. The van der Waals surface area contributed by atoms with Crippen LogP contribution in [0.2, 0.25) is 0 Å². The largest absolute Gasteiger partial charge is 0.296 e. The first-order valence-corrected chi connectivity index (χ1v) is 6.80. The van der Waals surface area contributed by atoms with Gasteiger partial charge in [-0.3, -0.25) is 4.90 Å². The molecule has 2 atom stereocenters. The molecule has 0 N–H and O–H groups in total. The van der Waals surface area contributed by atoms with E-state index in [0.29, 0.717) is 0 Å². The van der Waals surface area contributed by atoms with Crippen LogP contribution >= 0.6 is 27.3 Å². The van der Waals surface area contributed by atoms with E-state index in [9.17, 15) is 0 Å². The van der Waals surface area contributed by atoms with Gasteiger partial charge in [0, 0.05) is 19.1 Å². The highest BCUT2D eigenvalue weighted by atomic mass is 79.9. The molecule has 78 valence electrons. The van der Waals surface area contributed by atoms with Gasteiger partial charge >= 0.3 is 0 Å². The van der Waals surface area contributed by atoms with Crippen molar-refractivity contribution in [3.05, 3.63) is 20.8 Å². The average Bonchev–Trinajstić information content (AvgIpc) is 2.62. The molecule has 2 heterocycles. The van der Waals surface area contributed by atoms with Crippen LogP contribution in [-0.4, -0.2) is 17.5 Å². The zero-order chi connectivity index (χ0) is 10.1. The van der Waals surface area contributed by atoms with Gasteiger partial charge < -0.3 is 0 Å². The van der Waals surface area contributed by atoms with Crippen LogP contribution in [0.4, 0.5) is 0 Å². The lowest BCUT2D eigenvalue weighted by molar-refractivity contribution is 0.256. The lowest BCUT2D eigenvalue weighted by atomic mass is 10.1. The molecule has 3 heteroatoms. The Bertz CT molecular complexity index is 310. The van der Waals surface area contributed by atoms with Crippen molar-refractivity contribution >= 4 is 27.3 Å². The molecule has 2 unspecified atom stereocenters. The Morgan fingerprint density at radius 3 is 2.86 bits per heavy atom. The van der Waals surface area contributed by atoms with E-state index in [1.165, 1.54) is 22.3 Å². The minimum Gasteiger partial charge on any atom is -0.296 e. The van der Waals surface area contributed by atoms with Gasteiger partial charge in [0.2, 0.25) is 0 Å². The summed E-state index contributed by atoms with van der Waals surface area (Å²) < 4.78 is 1.30. The van der Waals surface area contributed by atoms with Crippen LogP contribution in [0, 0.1) is 5.92 Å². The second-order valence-corrected chi connectivity index (χ2v) is 6.57. The van der Waals surface area contributed by atoms with Crippen molar-refractivity contribution in [3.8, 4) is 0 Å². The van der Waals surface area contributed by atoms with Crippen LogP contribution in [0.5, 0.6) is 0 Å². The first-order chi connectivity index (χ1) is 6.66. The van der Waals surface area contributed by atoms with E-state index in [1.807, 2.05) is 0 Å². The molecular formula is C11H16BrNS. The normalized spacial score (nSPS) is 28.5. The summed E-state index contributed by atoms with van der Waals surface area (Å²) in [6, 6.07) is 2.97. The van der Waals surface area contributed by atoms with Gasteiger partial charge in [-0.05, 0) is 52.2 Å². The smallest absolute Gasteiger partial charge is 0.0743 e. The predicted molar refractivity (Wildman–Crippen MR) is 65.7 cm³/mol. The van der Waals surface area contributed by atoms with Crippen molar-refractivity contribution in [2.24, 2.45) is 5.92 Å². The zero-order valence-corrected chi connectivity index (χ0v) is 11.1. The van der Waals surface area contributed by atoms with E-state index < -0.39 is 0 Å². The number of likely N-dealkylation sites (tertiary alicyclic amines) is 1. The summed E-state index contributed by atoms with van der Waals surface area (Å²) in [4.78, 5) is 2.58. The standard InChI is InChI=1S/C11H16BrNS/c1-8-5-9(2)13(6-8)7-10-3-4-14-11(10)12/h3-4,8-9H,5-7H2,1-2H3. The van der Waals surface area contributed by atoms with E-state index in [-0.39, 0.29) is 0 Å². The molecule has 1 aromatic heterocycles. The van der Waals surface area contributed by atoms with Gasteiger partial charge in [0.1, 0.15) is 0 Å². The number of hydrogen-bond donors (Lipinski definition) is 0. The van der Waals surface area contributed by atoms with Gasteiger partial charge in [0.15, 0.2) is 0 Å². The molecule has 1 aromatic rings. The molecule has 1 aliphatic heterocycles. The van der Waals surface area contributed by atoms with Crippen LogP contribution < -0.4 is 0 Å². The minimum absolute atomic E-state index is 0.747. The van der Waals surface area contributed by atoms with Crippen LogP contribution in [0.3, 0.4) is 0 Å². The van der Waals surface area contributed by atoms with Crippen molar-refractivity contribution < 1.29 is 0 Å². The van der Waals surface area contributed by atoms with Crippen LogP contribution in [0.1, 0.15) is 25.8 Å². The van der Waals surface area contributed by atoms with Gasteiger partial charge in [-0.1, -0.05) is 6.92 Å². The number of hydrogen-bond acceptors (Lipinski definition) is 2. The summed E-state index contributed by atoms with van der Waals surface area (Å²) in [5, 5.41) is 2.16. The first kappa shape index (κ1) is 10.7. The average molecular weight is 274 g/mol. The fourth-order valence-electron chi connectivity index (χ4n) is 2.26. The lowest BCUT2D eigenvalue weighted by Gasteiger charge is -2.20. The summed E-state index contributed by atoms with van der Waals surface area (Å²) in [7, 11) is 0. The second-order valence-electron chi connectivity index (χ2n) is 4.34. The molecule has 14 heavy (non-hydrogen) atoms. The Morgan fingerprint density at radius 2 is 2.36 bits per heavy atom. The zero-order valence-electron chi connectivity index (χ0n) is 8.66. The van der Waals surface area contributed by atoms with E-state index in [1.54, 1.807) is 11.3 Å². The Hall–Kier alpha value is 0.140. The molecule has 1 saturated heterocycles. The molecule has 0 aromatic carbocycles. The molecule has 1 fully saturated rings. The van der Waals surface area contributed by atoms with Crippen molar-refractivity contribution in [2.45, 2.75) is 32.9 Å². The maximum absolute atomic E-state index is 3.60. The summed E-state index contributed by atoms with van der Waals surface area (Å²) in [6.07, 6.45) is 1.35. The Morgan fingerprint density at radius 1 is 1.57 bits per heavy atom. The molecule has 0 bridgehead atoms. The monoisotopic (exact) mass is 273 g/mol. The van der Waals surface area contributed by atoms with E-state index >= 15 is 0 Å². The number of nitrogens with zero attached hydrogens (tertiary/aromatic N) is 1. The third kappa shape index (κ3) is 2.20. The highest BCUT2D eigenvalue weighted by Crippen LogP contribution is 2.29. The minimum atomic E-state index is 0.747. The summed E-state index contributed by atoms with van der Waals surface area (Å²) >= 11 is 5.38. The highest BCUT2D eigenvalue weighted by Gasteiger charge is 2.26. The SMILES string of the molecule is CC1CC(C)N(Cc2ccsc2Br)C1. The fourth-order valence-corrected chi connectivity index (χ4v) is 3.47. The molecular weight excluding hydrogens is 258 g/mol. The fraction of sp³-hybridized carbons (Fsp3) is 0.636. The van der Waals surface area contributed by atoms with Gasteiger partial charge in [-0.15, -0.1) is 11.3 Å². The van der Waals surface area contributed by atoms with Crippen molar-refractivity contribution in [1.29, 1.82) is 0 Å². The van der Waals surface area contributed by atoms with E-state index in [4.69, 9.17) is 0 Å². The molecule has 0 aliphatic carbocycles. The second kappa shape index (κ2) is 4.33. The Labute approximate surface area is 98.2 Å². The molecule has 1 nitrogen and oxygen atoms in total. The van der Waals surface area contributed by atoms with Crippen molar-refractivity contribution in [2.75, 3.05) is 6.54 Å². The third-order valence-corrected chi connectivity index (χ3v) is 4.79. The van der Waals surface area contributed by atoms with Gasteiger partial charge in [0.25, 0.3) is 0 Å². The van der Waals surface area contributed by atoms with Gasteiger partial charge in [-0.2, -0.15) is 0 Å². The van der Waals surface area contributed by atoms with Crippen LogP contribution in [-0.2, 0) is 6.54 Å². The molecule has 0 amide bonds. The van der Waals surface area contributed by atoms with Gasteiger partial charge in [-0.25, -0.2) is 0 Å². The number of thiophene rings is 1. The lowest BCUT2D eigenvalue weighted by Crippen LogP contribution is -2.26.